The van der Waals surface area contributed by atoms with Gasteiger partial charge in [-0.2, -0.15) is 13.2 Å². The van der Waals surface area contributed by atoms with Gasteiger partial charge in [-0.15, -0.1) is 11.8 Å². The van der Waals surface area contributed by atoms with Gasteiger partial charge < -0.3 is 9.64 Å². The number of aryl methyl sites for hydroxylation is 1. The SMILES string of the molecule is Cc1cc(F)c(N=C(c2ccccc2Cl)N2CCOCC2)cc1SCC(F)(F)F. The number of ether oxygens (including phenoxy) is 1. The fourth-order valence-electron chi connectivity index (χ4n) is 2.88. The van der Waals surface area contributed by atoms with Gasteiger partial charge >= 0.3 is 6.18 Å². The average Bonchev–Trinajstić information content (AvgIpc) is 2.67. The van der Waals surface area contributed by atoms with Crippen molar-refractivity contribution in [2.75, 3.05) is 32.1 Å². The molecular formula is C20H19ClF4N2OS. The summed E-state index contributed by atoms with van der Waals surface area (Å²) < 4.78 is 57.9. The van der Waals surface area contributed by atoms with E-state index in [1.54, 1.807) is 31.2 Å². The maximum Gasteiger partial charge on any atom is 0.398 e. The second-order valence-electron chi connectivity index (χ2n) is 6.49. The molecule has 3 rings (SSSR count). The molecule has 0 atom stereocenters. The quantitative estimate of drug-likeness (QED) is 0.255. The van der Waals surface area contributed by atoms with Crippen LogP contribution in [0.4, 0.5) is 23.2 Å². The van der Waals surface area contributed by atoms with Gasteiger partial charge in [-0.05, 0) is 36.8 Å². The molecule has 1 heterocycles. The fraction of sp³-hybridized carbons (Fsp3) is 0.350. The molecular weight excluding hydrogens is 428 g/mol. The standard InChI is InChI=1S/C20H19ClF4N2OS/c1-13-10-16(22)17(11-18(13)29-12-20(23,24)25)26-19(27-6-8-28-9-7-27)14-4-2-3-5-15(14)21/h2-5,10-11H,6-9,12H2,1H3. The van der Waals surface area contributed by atoms with Crippen molar-refractivity contribution in [3.8, 4) is 0 Å². The van der Waals surface area contributed by atoms with Gasteiger partial charge in [-0.1, -0.05) is 23.7 Å². The Morgan fingerprint density at radius 3 is 2.55 bits per heavy atom. The van der Waals surface area contributed by atoms with Crippen molar-refractivity contribution < 1.29 is 22.3 Å². The van der Waals surface area contributed by atoms with Crippen LogP contribution in [0.5, 0.6) is 0 Å². The van der Waals surface area contributed by atoms with Gasteiger partial charge in [0.1, 0.15) is 17.3 Å². The summed E-state index contributed by atoms with van der Waals surface area (Å²) in [5.74, 6) is -1.19. The summed E-state index contributed by atoms with van der Waals surface area (Å²) in [4.78, 5) is 6.77. The van der Waals surface area contributed by atoms with Crippen LogP contribution in [0.25, 0.3) is 0 Å². The Morgan fingerprint density at radius 2 is 1.90 bits per heavy atom. The predicted molar refractivity (Wildman–Crippen MR) is 108 cm³/mol. The van der Waals surface area contributed by atoms with Crippen molar-refractivity contribution in [1.82, 2.24) is 4.90 Å². The monoisotopic (exact) mass is 446 g/mol. The van der Waals surface area contributed by atoms with Crippen molar-refractivity contribution in [1.29, 1.82) is 0 Å². The largest absolute Gasteiger partial charge is 0.398 e. The zero-order chi connectivity index (χ0) is 21.0. The molecule has 1 fully saturated rings. The highest BCUT2D eigenvalue weighted by atomic mass is 35.5. The normalized spacial score (nSPS) is 15.7. The minimum absolute atomic E-state index is 0.0262. The van der Waals surface area contributed by atoms with E-state index in [1.165, 1.54) is 12.1 Å². The summed E-state index contributed by atoms with van der Waals surface area (Å²) in [5, 5.41) is 0.455. The van der Waals surface area contributed by atoms with Crippen LogP contribution < -0.4 is 0 Å². The highest BCUT2D eigenvalue weighted by Crippen LogP contribution is 2.34. The van der Waals surface area contributed by atoms with Crippen LogP contribution in [0.3, 0.4) is 0 Å². The molecule has 0 saturated carbocycles. The minimum atomic E-state index is -4.31. The lowest BCUT2D eigenvalue weighted by Crippen LogP contribution is -2.41. The van der Waals surface area contributed by atoms with E-state index in [0.29, 0.717) is 64.9 Å². The molecule has 156 valence electrons. The smallest absolute Gasteiger partial charge is 0.378 e. The van der Waals surface area contributed by atoms with E-state index >= 15 is 0 Å². The third-order valence-electron chi connectivity index (χ3n) is 4.29. The van der Waals surface area contributed by atoms with Crippen LogP contribution in [-0.2, 0) is 4.74 Å². The molecule has 0 spiro atoms. The number of nitrogens with zero attached hydrogens (tertiary/aromatic N) is 2. The average molecular weight is 447 g/mol. The Bertz CT molecular complexity index is 899. The number of rotatable bonds is 4. The van der Waals surface area contributed by atoms with Crippen LogP contribution in [0.2, 0.25) is 5.02 Å². The topological polar surface area (TPSA) is 24.8 Å². The molecule has 3 nitrogen and oxygen atoms in total. The summed E-state index contributed by atoms with van der Waals surface area (Å²) in [6.45, 7) is 3.66. The maximum atomic E-state index is 14.6. The maximum absolute atomic E-state index is 14.6. The molecule has 0 unspecified atom stereocenters. The lowest BCUT2D eigenvalue weighted by atomic mass is 10.1. The first-order valence-corrected chi connectivity index (χ1v) is 10.3. The summed E-state index contributed by atoms with van der Waals surface area (Å²) >= 11 is 6.96. The molecule has 0 radical (unpaired) electrons. The number of benzene rings is 2. The van der Waals surface area contributed by atoms with Gasteiger partial charge in [0, 0.05) is 23.5 Å². The summed E-state index contributed by atoms with van der Waals surface area (Å²) in [7, 11) is 0. The number of hydrogen-bond acceptors (Lipinski definition) is 3. The first-order valence-electron chi connectivity index (χ1n) is 8.90. The van der Waals surface area contributed by atoms with E-state index in [4.69, 9.17) is 16.3 Å². The Balaban J connectivity index is 2.03. The van der Waals surface area contributed by atoms with E-state index in [2.05, 4.69) is 4.99 Å². The van der Waals surface area contributed by atoms with Crippen molar-refractivity contribution >= 4 is 34.9 Å². The van der Waals surface area contributed by atoms with Crippen molar-refractivity contribution in [2.45, 2.75) is 18.0 Å². The third kappa shape index (κ3) is 5.87. The van der Waals surface area contributed by atoms with Crippen LogP contribution >= 0.6 is 23.4 Å². The Labute approximate surface area is 175 Å². The van der Waals surface area contributed by atoms with Gasteiger partial charge in [0.15, 0.2) is 0 Å². The Kier molecular flexibility index (Phi) is 7.08. The first kappa shape index (κ1) is 21.9. The molecule has 0 aromatic heterocycles. The molecule has 2 aromatic rings. The molecule has 0 aliphatic carbocycles. The highest BCUT2D eigenvalue weighted by molar-refractivity contribution is 7.99. The van der Waals surface area contributed by atoms with Gasteiger partial charge in [0.05, 0.1) is 24.0 Å². The van der Waals surface area contributed by atoms with Gasteiger partial charge in [-0.3, -0.25) is 0 Å². The van der Waals surface area contributed by atoms with Gasteiger partial charge in [0.2, 0.25) is 0 Å². The summed E-state index contributed by atoms with van der Waals surface area (Å²) in [5.41, 5.74) is 1.03. The second kappa shape index (κ2) is 9.36. The molecule has 9 heteroatoms. The molecule has 0 bridgehead atoms. The Hall–Kier alpha value is -1.77. The van der Waals surface area contributed by atoms with Crippen molar-refractivity contribution in [2.24, 2.45) is 4.99 Å². The number of halogens is 5. The third-order valence-corrected chi connectivity index (χ3v) is 5.84. The van der Waals surface area contributed by atoms with Crippen LogP contribution in [-0.4, -0.2) is 49.0 Å². The van der Waals surface area contributed by atoms with Crippen molar-refractivity contribution in [3.63, 3.8) is 0 Å². The Morgan fingerprint density at radius 1 is 1.21 bits per heavy atom. The molecule has 0 N–H and O–H groups in total. The molecule has 0 amide bonds. The summed E-state index contributed by atoms with van der Waals surface area (Å²) in [6.07, 6.45) is -4.31. The van der Waals surface area contributed by atoms with E-state index in [1.807, 2.05) is 4.90 Å². The number of hydrogen-bond donors (Lipinski definition) is 0. The first-order chi connectivity index (χ1) is 13.7. The number of morpholine rings is 1. The van der Waals surface area contributed by atoms with Crippen molar-refractivity contribution in [3.05, 3.63) is 58.4 Å². The van der Waals surface area contributed by atoms with E-state index in [9.17, 15) is 17.6 Å². The molecule has 1 aliphatic heterocycles. The van der Waals surface area contributed by atoms with E-state index in [0.717, 1.165) is 0 Å². The minimum Gasteiger partial charge on any atom is -0.378 e. The van der Waals surface area contributed by atoms with E-state index < -0.39 is 17.7 Å². The number of amidine groups is 1. The summed E-state index contributed by atoms with van der Waals surface area (Å²) in [6, 6.07) is 9.64. The predicted octanol–water partition coefficient (Wildman–Crippen LogP) is 5.85. The van der Waals surface area contributed by atoms with Crippen LogP contribution in [0.15, 0.2) is 46.3 Å². The van der Waals surface area contributed by atoms with Crippen LogP contribution in [0, 0.1) is 12.7 Å². The molecule has 1 saturated heterocycles. The molecule has 2 aromatic carbocycles. The zero-order valence-electron chi connectivity index (χ0n) is 15.6. The lowest BCUT2D eigenvalue weighted by molar-refractivity contribution is -0.105. The van der Waals surface area contributed by atoms with Gasteiger partial charge in [-0.25, -0.2) is 9.38 Å². The number of aliphatic imine (C=N–C) groups is 1. The molecule has 1 aliphatic rings. The fourth-order valence-corrected chi connectivity index (χ4v) is 3.90. The zero-order valence-corrected chi connectivity index (χ0v) is 17.2. The lowest BCUT2D eigenvalue weighted by Gasteiger charge is -2.30. The van der Waals surface area contributed by atoms with Gasteiger partial charge in [0.25, 0.3) is 0 Å². The van der Waals surface area contributed by atoms with Crippen LogP contribution in [0.1, 0.15) is 11.1 Å². The van der Waals surface area contributed by atoms with E-state index in [-0.39, 0.29) is 5.69 Å². The highest BCUT2D eigenvalue weighted by Gasteiger charge is 2.28. The molecule has 29 heavy (non-hydrogen) atoms. The second-order valence-corrected chi connectivity index (χ2v) is 7.91. The number of alkyl halides is 3. The number of thioether (sulfide) groups is 1.